The number of rotatable bonds is 3. The second kappa shape index (κ2) is 7.11. The van der Waals surface area contributed by atoms with Crippen LogP contribution in [0.2, 0.25) is 0 Å². The molecule has 0 spiro atoms. The first kappa shape index (κ1) is 16.6. The maximum Gasteiger partial charge on any atom is 0.159 e. The van der Waals surface area contributed by atoms with E-state index in [1.165, 1.54) is 12.1 Å². The molecule has 3 rings (SSSR count). The Kier molecular flexibility index (Phi) is 5.13. The minimum atomic E-state index is -0.770. The summed E-state index contributed by atoms with van der Waals surface area (Å²) < 4.78 is 39.6. The first-order valence-electron chi connectivity index (χ1n) is 8.84. The van der Waals surface area contributed by atoms with Gasteiger partial charge in [0.25, 0.3) is 0 Å². The highest BCUT2D eigenvalue weighted by Crippen LogP contribution is 2.44. The molecule has 2 aliphatic rings. The largest absolute Gasteiger partial charge is 0.212 e. The Morgan fingerprint density at radius 1 is 0.826 bits per heavy atom. The molecule has 0 nitrogen and oxygen atoms in total. The van der Waals surface area contributed by atoms with Gasteiger partial charge in [0.2, 0.25) is 0 Å². The van der Waals surface area contributed by atoms with E-state index in [4.69, 9.17) is 0 Å². The van der Waals surface area contributed by atoms with E-state index in [-0.39, 0.29) is 11.7 Å². The Balaban J connectivity index is 1.52. The summed E-state index contributed by atoms with van der Waals surface area (Å²) in [5, 5.41) is 0. The van der Waals surface area contributed by atoms with Gasteiger partial charge in [0.1, 0.15) is 0 Å². The van der Waals surface area contributed by atoms with Crippen molar-refractivity contribution in [3.63, 3.8) is 0 Å². The molecule has 0 heterocycles. The quantitative estimate of drug-likeness (QED) is 0.593. The third-order valence-corrected chi connectivity index (χ3v) is 6.07. The molecule has 0 bridgehead atoms. The molecule has 0 saturated heterocycles. The van der Waals surface area contributed by atoms with Crippen LogP contribution in [0.4, 0.5) is 13.2 Å². The maximum atomic E-state index is 13.4. The molecule has 1 aromatic rings. The van der Waals surface area contributed by atoms with Crippen molar-refractivity contribution in [2.45, 2.75) is 57.3 Å². The maximum absolute atomic E-state index is 13.4. The topological polar surface area (TPSA) is 0 Å². The zero-order valence-corrected chi connectivity index (χ0v) is 13.5. The highest BCUT2D eigenvalue weighted by molar-refractivity contribution is 5.22. The van der Waals surface area contributed by atoms with E-state index in [9.17, 15) is 13.2 Å². The van der Waals surface area contributed by atoms with Crippen LogP contribution in [0.3, 0.4) is 0 Å². The van der Waals surface area contributed by atoms with Crippen molar-refractivity contribution in [1.29, 1.82) is 0 Å². The van der Waals surface area contributed by atoms with Crippen molar-refractivity contribution in [3.8, 4) is 0 Å². The minimum absolute atomic E-state index is 0.0739. The Bertz CT molecular complexity index is 550. The van der Waals surface area contributed by atoms with Gasteiger partial charge in [-0.2, -0.15) is 0 Å². The summed E-state index contributed by atoms with van der Waals surface area (Å²) in [5.41, 5.74) is 0.930. The average molecular weight is 322 g/mol. The van der Waals surface area contributed by atoms with E-state index < -0.39 is 11.6 Å². The SMILES string of the molecule is C=C(F)[C@H]1CC[C@H](C2CCC(c3ccc(F)c(F)c3)CC2)CC1. The zero-order chi connectivity index (χ0) is 16.4. The van der Waals surface area contributed by atoms with Crippen molar-refractivity contribution in [2.75, 3.05) is 0 Å². The van der Waals surface area contributed by atoms with E-state index >= 15 is 0 Å². The third kappa shape index (κ3) is 3.81. The van der Waals surface area contributed by atoms with Gasteiger partial charge in [0.05, 0.1) is 5.83 Å². The van der Waals surface area contributed by atoms with Crippen molar-refractivity contribution in [2.24, 2.45) is 17.8 Å². The molecule has 0 atom stereocenters. The van der Waals surface area contributed by atoms with Gasteiger partial charge < -0.3 is 0 Å². The van der Waals surface area contributed by atoms with E-state index in [0.29, 0.717) is 17.8 Å². The lowest BCUT2D eigenvalue weighted by molar-refractivity contribution is 0.162. The summed E-state index contributed by atoms with van der Waals surface area (Å²) in [6, 6.07) is 4.32. The molecule has 2 fully saturated rings. The number of halogens is 3. The highest BCUT2D eigenvalue weighted by Gasteiger charge is 2.32. The molecule has 2 aliphatic carbocycles. The first-order chi connectivity index (χ1) is 11.0. The lowest BCUT2D eigenvalue weighted by atomic mass is 9.68. The van der Waals surface area contributed by atoms with Gasteiger partial charge >= 0.3 is 0 Å². The van der Waals surface area contributed by atoms with Gasteiger partial charge in [-0.25, -0.2) is 13.2 Å². The lowest BCUT2D eigenvalue weighted by Crippen LogP contribution is -2.25. The van der Waals surface area contributed by atoms with Gasteiger partial charge in [-0.1, -0.05) is 12.6 Å². The van der Waals surface area contributed by atoms with Gasteiger partial charge in [-0.05, 0) is 86.8 Å². The van der Waals surface area contributed by atoms with E-state index in [1.54, 1.807) is 6.07 Å². The van der Waals surface area contributed by atoms with Crippen LogP contribution >= 0.6 is 0 Å². The molecule has 23 heavy (non-hydrogen) atoms. The van der Waals surface area contributed by atoms with Crippen LogP contribution in [0.25, 0.3) is 0 Å². The summed E-state index contributed by atoms with van der Waals surface area (Å²) in [7, 11) is 0. The number of benzene rings is 1. The first-order valence-corrected chi connectivity index (χ1v) is 8.84. The fourth-order valence-electron chi connectivity index (χ4n) is 4.59. The summed E-state index contributed by atoms with van der Waals surface area (Å²) in [6.45, 7) is 3.45. The average Bonchev–Trinajstić information content (AvgIpc) is 2.57. The third-order valence-electron chi connectivity index (χ3n) is 6.07. The van der Waals surface area contributed by atoms with E-state index in [2.05, 4.69) is 6.58 Å². The lowest BCUT2D eigenvalue weighted by Gasteiger charge is -2.37. The molecular weight excluding hydrogens is 297 g/mol. The van der Waals surface area contributed by atoms with Crippen LogP contribution < -0.4 is 0 Å². The molecule has 3 heteroatoms. The van der Waals surface area contributed by atoms with Crippen LogP contribution in [-0.2, 0) is 0 Å². The Labute approximate surface area is 136 Å². The van der Waals surface area contributed by atoms with Crippen molar-refractivity contribution in [3.05, 3.63) is 47.8 Å². The van der Waals surface area contributed by atoms with Gasteiger partial charge in [0.15, 0.2) is 11.6 Å². The standard InChI is InChI=1S/C20H25F3/c1-13(21)14-2-4-15(5-3-14)16-6-8-17(9-7-16)18-10-11-19(22)20(23)12-18/h10-12,14-17H,1-9H2/t14-,15-,16?,17?. The Morgan fingerprint density at radius 2 is 1.39 bits per heavy atom. The molecule has 0 aliphatic heterocycles. The smallest absolute Gasteiger partial charge is 0.159 e. The predicted octanol–water partition coefficient (Wildman–Crippen LogP) is 6.53. The number of hydrogen-bond donors (Lipinski definition) is 0. The summed E-state index contributed by atoms with van der Waals surface area (Å²) in [4.78, 5) is 0. The molecule has 1 aromatic carbocycles. The number of allylic oxidation sites excluding steroid dienone is 1. The molecule has 126 valence electrons. The summed E-state index contributed by atoms with van der Waals surface area (Å²) >= 11 is 0. The molecular formula is C20H25F3. The molecule has 0 unspecified atom stereocenters. The van der Waals surface area contributed by atoms with Crippen LogP contribution in [0.15, 0.2) is 30.6 Å². The Morgan fingerprint density at radius 3 is 1.91 bits per heavy atom. The van der Waals surface area contributed by atoms with Crippen molar-refractivity contribution >= 4 is 0 Å². The predicted molar refractivity (Wildman–Crippen MR) is 86.8 cm³/mol. The van der Waals surface area contributed by atoms with Crippen molar-refractivity contribution in [1.82, 2.24) is 0 Å². The normalized spacial score (nSPS) is 31.8. The second-order valence-corrected chi connectivity index (χ2v) is 7.34. The van der Waals surface area contributed by atoms with Crippen LogP contribution in [0.1, 0.15) is 62.8 Å². The molecule has 0 amide bonds. The molecule has 0 radical (unpaired) electrons. The fraction of sp³-hybridized carbons (Fsp3) is 0.600. The fourth-order valence-corrected chi connectivity index (χ4v) is 4.59. The van der Waals surface area contributed by atoms with Gasteiger partial charge in [-0.3, -0.25) is 0 Å². The van der Waals surface area contributed by atoms with Crippen LogP contribution in [0, 0.1) is 29.4 Å². The highest BCUT2D eigenvalue weighted by atomic mass is 19.2. The molecule has 2 saturated carbocycles. The zero-order valence-electron chi connectivity index (χ0n) is 13.5. The van der Waals surface area contributed by atoms with Crippen LogP contribution in [-0.4, -0.2) is 0 Å². The molecule has 0 N–H and O–H groups in total. The number of hydrogen-bond acceptors (Lipinski definition) is 0. The summed E-state index contributed by atoms with van der Waals surface area (Å²) in [6.07, 6.45) is 8.47. The van der Waals surface area contributed by atoms with Crippen LogP contribution in [0.5, 0.6) is 0 Å². The second-order valence-electron chi connectivity index (χ2n) is 7.34. The van der Waals surface area contributed by atoms with E-state index in [0.717, 1.165) is 56.9 Å². The van der Waals surface area contributed by atoms with E-state index in [1.807, 2.05) is 0 Å². The summed E-state index contributed by atoms with van der Waals surface area (Å²) in [5.74, 6) is 0.184. The van der Waals surface area contributed by atoms with Crippen molar-refractivity contribution < 1.29 is 13.2 Å². The monoisotopic (exact) mass is 322 g/mol. The minimum Gasteiger partial charge on any atom is -0.212 e. The van der Waals surface area contributed by atoms with Gasteiger partial charge in [-0.15, -0.1) is 0 Å². The molecule has 0 aromatic heterocycles. The van der Waals surface area contributed by atoms with Gasteiger partial charge in [0, 0.05) is 5.92 Å². The Hall–Kier alpha value is -1.25.